The van der Waals surface area contributed by atoms with Gasteiger partial charge in [0.05, 0.1) is 20.3 Å². The number of nitrogens with one attached hydrogen (secondary N) is 1. The fourth-order valence-electron chi connectivity index (χ4n) is 2.84. The lowest BCUT2D eigenvalue weighted by atomic mass is 10.1. The normalized spacial score (nSPS) is 17.8. The summed E-state index contributed by atoms with van der Waals surface area (Å²) in [6.07, 6.45) is 2.54. The molecule has 0 spiro atoms. The topological polar surface area (TPSA) is 76.8 Å². The summed E-state index contributed by atoms with van der Waals surface area (Å²) < 4.78 is 10.6. The molecular formula is C17H28ClN3O3. The number of halogens is 1. The molecule has 1 aliphatic heterocycles. The molecule has 2 atom stereocenters. The van der Waals surface area contributed by atoms with Gasteiger partial charge in [-0.3, -0.25) is 4.79 Å². The molecule has 2 rings (SSSR count). The third-order valence-corrected chi connectivity index (χ3v) is 4.17. The monoisotopic (exact) mass is 357 g/mol. The Morgan fingerprint density at radius 2 is 1.96 bits per heavy atom. The van der Waals surface area contributed by atoms with E-state index in [4.69, 9.17) is 15.2 Å². The van der Waals surface area contributed by atoms with E-state index in [2.05, 4.69) is 10.2 Å². The Morgan fingerprint density at radius 1 is 1.33 bits per heavy atom. The molecule has 6 nitrogen and oxygen atoms in total. The molecule has 136 valence electrons. The number of nitrogens with two attached hydrogens (primary N) is 1. The number of hydrogen-bond donors (Lipinski definition) is 2. The number of ether oxygens (including phenoxy) is 2. The van der Waals surface area contributed by atoms with Crippen LogP contribution in [0, 0.1) is 0 Å². The number of carbonyl (C=O) groups excluding carboxylic acids is 1. The number of benzene rings is 1. The number of hydrogen-bond acceptors (Lipinski definition) is 5. The lowest BCUT2D eigenvalue weighted by molar-refractivity contribution is -0.123. The van der Waals surface area contributed by atoms with E-state index in [1.54, 1.807) is 14.2 Å². The summed E-state index contributed by atoms with van der Waals surface area (Å²) in [5, 5.41) is 3.05. The third kappa shape index (κ3) is 5.18. The van der Waals surface area contributed by atoms with Gasteiger partial charge in [-0.05, 0) is 12.8 Å². The quantitative estimate of drug-likeness (QED) is 0.780. The highest BCUT2D eigenvalue weighted by molar-refractivity contribution is 5.85. The first-order valence-electron chi connectivity index (χ1n) is 8.11. The van der Waals surface area contributed by atoms with Crippen molar-refractivity contribution in [1.29, 1.82) is 0 Å². The van der Waals surface area contributed by atoms with Crippen LogP contribution in [0.4, 0.5) is 5.69 Å². The van der Waals surface area contributed by atoms with Gasteiger partial charge in [0.2, 0.25) is 5.91 Å². The van der Waals surface area contributed by atoms with E-state index in [0.717, 1.165) is 49.5 Å². The number of amides is 1. The molecule has 1 fully saturated rings. The SMILES string of the molecule is CCCC(N)C(=O)NC1CCN(c2cc(OC)cc(OC)c2)C1.Cl. The number of carbonyl (C=O) groups is 1. The van der Waals surface area contributed by atoms with Gasteiger partial charge in [0.25, 0.3) is 0 Å². The largest absolute Gasteiger partial charge is 0.497 e. The maximum atomic E-state index is 12.0. The molecule has 0 bridgehead atoms. The van der Waals surface area contributed by atoms with E-state index in [-0.39, 0.29) is 24.4 Å². The second-order valence-electron chi connectivity index (χ2n) is 5.91. The van der Waals surface area contributed by atoms with Gasteiger partial charge >= 0.3 is 0 Å². The van der Waals surface area contributed by atoms with Gasteiger partial charge in [-0.15, -0.1) is 12.4 Å². The van der Waals surface area contributed by atoms with Crippen molar-refractivity contribution in [2.24, 2.45) is 5.73 Å². The zero-order chi connectivity index (χ0) is 16.8. The van der Waals surface area contributed by atoms with E-state index in [1.807, 2.05) is 25.1 Å². The van der Waals surface area contributed by atoms with Crippen LogP contribution >= 0.6 is 12.4 Å². The summed E-state index contributed by atoms with van der Waals surface area (Å²) in [5.41, 5.74) is 6.91. The minimum Gasteiger partial charge on any atom is -0.497 e. The summed E-state index contributed by atoms with van der Waals surface area (Å²) in [6.45, 7) is 3.67. The van der Waals surface area contributed by atoms with Gasteiger partial charge in [0.1, 0.15) is 11.5 Å². The molecule has 0 aromatic heterocycles. The minimum atomic E-state index is -0.411. The van der Waals surface area contributed by atoms with E-state index < -0.39 is 6.04 Å². The molecule has 1 aliphatic rings. The van der Waals surface area contributed by atoms with Crippen LogP contribution in [0.25, 0.3) is 0 Å². The highest BCUT2D eigenvalue weighted by Crippen LogP contribution is 2.30. The maximum Gasteiger partial charge on any atom is 0.237 e. The van der Waals surface area contributed by atoms with Gasteiger partial charge in [0, 0.05) is 43.0 Å². The molecule has 2 unspecified atom stereocenters. The number of anilines is 1. The molecule has 3 N–H and O–H groups in total. The van der Waals surface area contributed by atoms with Crippen molar-refractivity contribution in [2.75, 3.05) is 32.2 Å². The first kappa shape index (κ1) is 20.4. The van der Waals surface area contributed by atoms with Crippen LogP contribution in [0.1, 0.15) is 26.2 Å². The van der Waals surface area contributed by atoms with Crippen LogP contribution in [0.3, 0.4) is 0 Å². The second kappa shape index (κ2) is 9.59. The highest BCUT2D eigenvalue weighted by Gasteiger charge is 2.26. The molecule has 1 aromatic carbocycles. The fraction of sp³-hybridized carbons (Fsp3) is 0.588. The molecule has 0 aliphatic carbocycles. The van der Waals surface area contributed by atoms with Crippen molar-refractivity contribution in [3.8, 4) is 11.5 Å². The zero-order valence-electron chi connectivity index (χ0n) is 14.6. The molecule has 7 heteroatoms. The Labute approximate surface area is 150 Å². The van der Waals surface area contributed by atoms with Crippen LogP contribution in [-0.2, 0) is 4.79 Å². The van der Waals surface area contributed by atoms with E-state index in [9.17, 15) is 4.79 Å². The third-order valence-electron chi connectivity index (χ3n) is 4.17. The van der Waals surface area contributed by atoms with Gasteiger partial charge in [-0.2, -0.15) is 0 Å². The Morgan fingerprint density at radius 3 is 2.50 bits per heavy atom. The Hall–Kier alpha value is -1.66. The van der Waals surface area contributed by atoms with Gasteiger partial charge in [0.15, 0.2) is 0 Å². The minimum absolute atomic E-state index is 0. The molecule has 0 saturated carbocycles. The predicted molar refractivity (Wildman–Crippen MR) is 98.4 cm³/mol. The zero-order valence-corrected chi connectivity index (χ0v) is 15.4. The molecule has 1 amide bonds. The van der Waals surface area contributed by atoms with Crippen molar-refractivity contribution >= 4 is 24.0 Å². The summed E-state index contributed by atoms with van der Waals surface area (Å²) in [7, 11) is 3.28. The molecule has 1 aromatic rings. The summed E-state index contributed by atoms with van der Waals surface area (Å²) in [5.74, 6) is 1.47. The molecule has 1 heterocycles. The lowest BCUT2D eigenvalue weighted by Crippen LogP contribution is -2.46. The van der Waals surface area contributed by atoms with Crippen LogP contribution in [0.15, 0.2) is 18.2 Å². The van der Waals surface area contributed by atoms with Crippen molar-refractivity contribution in [3.05, 3.63) is 18.2 Å². The highest BCUT2D eigenvalue weighted by atomic mass is 35.5. The smallest absolute Gasteiger partial charge is 0.237 e. The fourth-order valence-corrected chi connectivity index (χ4v) is 2.84. The van der Waals surface area contributed by atoms with Gasteiger partial charge in [-0.1, -0.05) is 13.3 Å². The standard InChI is InChI=1S/C17H27N3O3.ClH/c1-4-5-16(18)17(21)19-12-6-7-20(11-12)13-8-14(22-2)10-15(9-13)23-3;/h8-10,12,16H,4-7,11,18H2,1-3H3,(H,19,21);1H. The first-order chi connectivity index (χ1) is 11.1. The van der Waals surface area contributed by atoms with Crippen LogP contribution in [0.2, 0.25) is 0 Å². The Balaban J connectivity index is 0.00000288. The average Bonchev–Trinajstić information content (AvgIpc) is 3.03. The van der Waals surface area contributed by atoms with Crippen LogP contribution in [0.5, 0.6) is 11.5 Å². The summed E-state index contributed by atoms with van der Waals surface area (Å²) >= 11 is 0. The molecular weight excluding hydrogens is 330 g/mol. The van der Waals surface area contributed by atoms with Gasteiger partial charge in [-0.25, -0.2) is 0 Å². The van der Waals surface area contributed by atoms with Crippen LogP contribution in [-0.4, -0.2) is 45.3 Å². The van der Waals surface area contributed by atoms with E-state index in [1.165, 1.54) is 0 Å². The number of rotatable bonds is 7. The molecule has 24 heavy (non-hydrogen) atoms. The van der Waals surface area contributed by atoms with Crippen LogP contribution < -0.4 is 25.4 Å². The lowest BCUT2D eigenvalue weighted by Gasteiger charge is -2.21. The van der Waals surface area contributed by atoms with Gasteiger partial charge < -0.3 is 25.4 Å². The molecule has 0 radical (unpaired) electrons. The number of methoxy groups -OCH3 is 2. The van der Waals surface area contributed by atoms with Crippen molar-refractivity contribution in [1.82, 2.24) is 5.32 Å². The Kier molecular flexibility index (Phi) is 8.15. The maximum absolute atomic E-state index is 12.0. The van der Waals surface area contributed by atoms with Crippen molar-refractivity contribution < 1.29 is 14.3 Å². The number of nitrogens with zero attached hydrogens (tertiary/aromatic N) is 1. The predicted octanol–water partition coefficient (Wildman–Crippen LogP) is 1.95. The van der Waals surface area contributed by atoms with Crippen molar-refractivity contribution in [3.63, 3.8) is 0 Å². The summed E-state index contributed by atoms with van der Waals surface area (Å²) in [6, 6.07) is 5.53. The molecule has 1 saturated heterocycles. The second-order valence-corrected chi connectivity index (χ2v) is 5.91. The van der Waals surface area contributed by atoms with E-state index >= 15 is 0 Å². The van der Waals surface area contributed by atoms with Crippen molar-refractivity contribution in [2.45, 2.75) is 38.3 Å². The first-order valence-corrected chi connectivity index (χ1v) is 8.11. The summed E-state index contributed by atoms with van der Waals surface area (Å²) in [4.78, 5) is 14.3. The Bertz CT molecular complexity index is 520. The average molecular weight is 358 g/mol. The van der Waals surface area contributed by atoms with E-state index in [0.29, 0.717) is 0 Å².